The lowest BCUT2D eigenvalue weighted by Gasteiger charge is -2.22. The van der Waals surface area contributed by atoms with Gasteiger partial charge in [-0.05, 0) is 12.8 Å². The van der Waals surface area contributed by atoms with E-state index in [1.54, 1.807) is 17.1 Å². The highest BCUT2D eigenvalue weighted by Gasteiger charge is 2.26. The molecule has 3 nitrogen and oxygen atoms in total. The van der Waals surface area contributed by atoms with Crippen molar-refractivity contribution in [1.82, 2.24) is 9.78 Å². The summed E-state index contributed by atoms with van der Waals surface area (Å²) < 4.78 is 1.67. The molecule has 0 N–H and O–H groups in total. The zero-order valence-corrected chi connectivity index (χ0v) is 7.16. The summed E-state index contributed by atoms with van der Waals surface area (Å²) >= 11 is 0. The molecular formula is C9H12N2O. The van der Waals surface area contributed by atoms with Crippen molar-refractivity contribution >= 4 is 5.78 Å². The van der Waals surface area contributed by atoms with Crippen LogP contribution in [-0.4, -0.2) is 15.6 Å². The van der Waals surface area contributed by atoms with Gasteiger partial charge in [-0.15, -0.1) is 0 Å². The Hall–Kier alpha value is -1.12. The maximum absolute atomic E-state index is 11.6. The van der Waals surface area contributed by atoms with Crippen molar-refractivity contribution in [2.75, 3.05) is 0 Å². The summed E-state index contributed by atoms with van der Waals surface area (Å²) in [5.74, 6) is 0.559. The number of rotatable bonds is 2. The molecule has 0 radical (unpaired) electrons. The lowest BCUT2D eigenvalue weighted by Crippen LogP contribution is -2.21. The topological polar surface area (TPSA) is 34.9 Å². The zero-order chi connectivity index (χ0) is 8.55. The minimum Gasteiger partial charge on any atom is -0.294 e. The molecule has 1 heterocycles. The molecular weight excluding hydrogens is 152 g/mol. The molecule has 1 aliphatic carbocycles. The molecule has 1 aromatic rings. The molecule has 2 rings (SSSR count). The van der Waals surface area contributed by atoms with Gasteiger partial charge in [0.05, 0.1) is 11.8 Å². The number of ketones is 1. The summed E-state index contributed by atoms with van der Waals surface area (Å²) in [6.45, 7) is 0. The lowest BCUT2D eigenvalue weighted by molar-refractivity contribution is 0.0855. The Morgan fingerprint density at radius 1 is 1.67 bits per heavy atom. The number of nitrogens with zero attached hydrogens (tertiary/aromatic N) is 2. The van der Waals surface area contributed by atoms with Gasteiger partial charge in [-0.1, -0.05) is 6.42 Å². The van der Waals surface area contributed by atoms with Crippen LogP contribution in [0, 0.1) is 5.92 Å². The molecule has 1 aromatic heterocycles. The minimum absolute atomic E-state index is 0.273. The van der Waals surface area contributed by atoms with Crippen molar-refractivity contribution in [3.8, 4) is 0 Å². The summed E-state index contributed by atoms with van der Waals surface area (Å²) in [5, 5.41) is 3.97. The quantitative estimate of drug-likeness (QED) is 0.619. The first kappa shape index (κ1) is 7.53. The van der Waals surface area contributed by atoms with Gasteiger partial charge in [0.1, 0.15) is 0 Å². The van der Waals surface area contributed by atoms with Crippen LogP contribution in [0.5, 0.6) is 0 Å². The second-order valence-corrected chi connectivity index (χ2v) is 3.39. The maximum atomic E-state index is 11.6. The van der Waals surface area contributed by atoms with Crippen LogP contribution < -0.4 is 0 Å². The van der Waals surface area contributed by atoms with Crippen LogP contribution in [0.4, 0.5) is 0 Å². The number of aryl methyl sites for hydroxylation is 1. The molecule has 0 aromatic carbocycles. The number of Topliss-reactive ketones (excluding diaryl/α,β-unsaturated/α-hetero) is 1. The van der Waals surface area contributed by atoms with Gasteiger partial charge in [0.2, 0.25) is 0 Å². The van der Waals surface area contributed by atoms with Gasteiger partial charge in [0, 0.05) is 19.2 Å². The molecule has 0 saturated heterocycles. The van der Waals surface area contributed by atoms with Gasteiger partial charge >= 0.3 is 0 Å². The predicted octanol–water partition coefficient (Wildman–Crippen LogP) is 1.40. The van der Waals surface area contributed by atoms with Crippen LogP contribution in [0.15, 0.2) is 12.4 Å². The highest BCUT2D eigenvalue weighted by molar-refractivity contribution is 5.97. The van der Waals surface area contributed by atoms with Gasteiger partial charge in [-0.3, -0.25) is 9.48 Å². The van der Waals surface area contributed by atoms with E-state index >= 15 is 0 Å². The third kappa shape index (κ3) is 1.15. The van der Waals surface area contributed by atoms with E-state index in [0.29, 0.717) is 0 Å². The van der Waals surface area contributed by atoms with Crippen molar-refractivity contribution in [2.45, 2.75) is 19.3 Å². The van der Waals surface area contributed by atoms with Gasteiger partial charge in [0.15, 0.2) is 5.78 Å². The van der Waals surface area contributed by atoms with E-state index in [-0.39, 0.29) is 11.7 Å². The Kier molecular flexibility index (Phi) is 1.71. The average Bonchev–Trinajstić information content (AvgIpc) is 2.31. The molecule has 64 valence electrons. The van der Waals surface area contributed by atoms with E-state index in [4.69, 9.17) is 0 Å². The van der Waals surface area contributed by atoms with Crippen molar-refractivity contribution in [3.05, 3.63) is 18.0 Å². The van der Waals surface area contributed by atoms with Gasteiger partial charge in [-0.2, -0.15) is 5.10 Å². The molecule has 3 heteroatoms. The van der Waals surface area contributed by atoms with Crippen LogP contribution in [0.2, 0.25) is 0 Å². The van der Waals surface area contributed by atoms with Gasteiger partial charge in [-0.25, -0.2) is 0 Å². The Labute approximate surface area is 71.4 Å². The SMILES string of the molecule is Cn1cc(C(=O)C2CCC2)cn1. The van der Waals surface area contributed by atoms with E-state index in [1.165, 1.54) is 6.42 Å². The van der Waals surface area contributed by atoms with Crippen LogP contribution in [0.25, 0.3) is 0 Å². The van der Waals surface area contributed by atoms with Crippen LogP contribution in [0.1, 0.15) is 29.6 Å². The molecule has 1 fully saturated rings. The molecule has 0 aliphatic heterocycles. The molecule has 0 bridgehead atoms. The third-order valence-electron chi connectivity index (χ3n) is 2.47. The van der Waals surface area contributed by atoms with E-state index < -0.39 is 0 Å². The minimum atomic E-state index is 0.273. The van der Waals surface area contributed by atoms with Crippen molar-refractivity contribution in [3.63, 3.8) is 0 Å². The second-order valence-electron chi connectivity index (χ2n) is 3.39. The Bertz CT molecular complexity index is 299. The molecule has 0 unspecified atom stereocenters. The van der Waals surface area contributed by atoms with E-state index in [2.05, 4.69) is 5.10 Å². The molecule has 1 aliphatic rings. The number of aromatic nitrogens is 2. The summed E-state index contributed by atoms with van der Waals surface area (Å²) in [5.41, 5.74) is 0.766. The summed E-state index contributed by atoms with van der Waals surface area (Å²) in [4.78, 5) is 11.6. The third-order valence-corrected chi connectivity index (χ3v) is 2.47. The molecule has 0 spiro atoms. The molecule has 1 saturated carbocycles. The Morgan fingerprint density at radius 3 is 2.83 bits per heavy atom. The summed E-state index contributed by atoms with van der Waals surface area (Å²) in [6, 6.07) is 0. The number of hydrogen-bond donors (Lipinski definition) is 0. The first-order valence-electron chi connectivity index (χ1n) is 4.30. The maximum Gasteiger partial charge on any atom is 0.169 e. The van der Waals surface area contributed by atoms with E-state index in [0.717, 1.165) is 18.4 Å². The summed E-state index contributed by atoms with van der Waals surface area (Å²) in [7, 11) is 1.83. The Morgan fingerprint density at radius 2 is 2.42 bits per heavy atom. The van der Waals surface area contributed by atoms with Gasteiger partial charge in [0.25, 0.3) is 0 Å². The lowest BCUT2D eigenvalue weighted by atomic mass is 9.80. The Balaban J connectivity index is 2.13. The van der Waals surface area contributed by atoms with Gasteiger partial charge < -0.3 is 0 Å². The second kappa shape index (κ2) is 2.73. The van der Waals surface area contributed by atoms with Crippen LogP contribution in [-0.2, 0) is 7.05 Å². The fourth-order valence-corrected chi connectivity index (χ4v) is 1.45. The number of carbonyl (C=O) groups excluding carboxylic acids is 1. The van der Waals surface area contributed by atoms with Crippen molar-refractivity contribution in [1.29, 1.82) is 0 Å². The monoisotopic (exact) mass is 164 g/mol. The predicted molar refractivity (Wildman–Crippen MR) is 44.9 cm³/mol. The first-order valence-corrected chi connectivity index (χ1v) is 4.30. The fraction of sp³-hybridized carbons (Fsp3) is 0.556. The molecule has 0 amide bonds. The average molecular weight is 164 g/mol. The molecule has 0 atom stereocenters. The fourth-order valence-electron chi connectivity index (χ4n) is 1.45. The van der Waals surface area contributed by atoms with Crippen LogP contribution >= 0.6 is 0 Å². The van der Waals surface area contributed by atoms with Crippen LogP contribution in [0.3, 0.4) is 0 Å². The number of hydrogen-bond acceptors (Lipinski definition) is 2. The standard InChI is InChI=1S/C9H12N2O/c1-11-6-8(5-10-11)9(12)7-3-2-4-7/h5-7H,2-4H2,1H3. The van der Waals surface area contributed by atoms with Crippen molar-refractivity contribution in [2.24, 2.45) is 13.0 Å². The summed E-state index contributed by atoms with van der Waals surface area (Å²) in [6.07, 6.45) is 6.78. The first-order chi connectivity index (χ1) is 5.77. The zero-order valence-electron chi connectivity index (χ0n) is 7.16. The van der Waals surface area contributed by atoms with Crippen molar-refractivity contribution < 1.29 is 4.79 Å². The van der Waals surface area contributed by atoms with E-state index in [1.807, 2.05) is 7.05 Å². The van der Waals surface area contributed by atoms with E-state index in [9.17, 15) is 4.79 Å². The highest BCUT2D eigenvalue weighted by Crippen LogP contribution is 2.29. The largest absolute Gasteiger partial charge is 0.294 e. The smallest absolute Gasteiger partial charge is 0.169 e. The normalized spacial score (nSPS) is 17.4. The number of carbonyl (C=O) groups is 1. The molecule has 12 heavy (non-hydrogen) atoms. The highest BCUT2D eigenvalue weighted by atomic mass is 16.1.